The Morgan fingerprint density at radius 2 is 0.913 bits per heavy atom. The molecule has 124 valence electrons. The third-order valence-electron chi connectivity index (χ3n) is 4.18. The number of hydrogen-bond donors (Lipinski definition) is 0. The van der Waals surface area contributed by atoms with Crippen molar-refractivity contribution in [2.75, 3.05) is 0 Å². The van der Waals surface area contributed by atoms with Crippen LogP contribution in [0.5, 0.6) is 0 Å². The topological polar surface area (TPSA) is 34.1 Å². The smallest absolute Gasteiger partial charge is 0.164 e. The molecule has 2 unspecified atom stereocenters. The average molecular weight is 330 g/mol. The van der Waals surface area contributed by atoms with E-state index in [-0.39, 0.29) is 11.8 Å². The van der Waals surface area contributed by atoms with Gasteiger partial charge < -0.3 is 0 Å². The zero-order valence-electron chi connectivity index (χ0n) is 14.3. The molecule has 2 aromatic carbocycles. The number of sulfone groups is 1. The maximum absolute atomic E-state index is 13.5. The first-order valence-electron chi connectivity index (χ1n) is 8.18. The first-order valence-corrected chi connectivity index (χ1v) is 9.79. The van der Waals surface area contributed by atoms with E-state index in [4.69, 9.17) is 0 Å². The second kappa shape index (κ2) is 7.31. The third kappa shape index (κ3) is 3.84. The summed E-state index contributed by atoms with van der Waals surface area (Å²) in [5, 5.41) is -0.979. The van der Waals surface area contributed by atoms with Crippen LogP contribution in [0, 0.1) is 11.8 Å². The highest BCUT2D eigenvalue weighted by Crippen LogP contribution is 2.42. The zero-order chi connectivity index (χ0) is 17.0. The van der Waals surface area contributed by atoms with Gasteiger partial charge in [-0.3, -0.25) is 0 Å². The van der Waals surface area contributed by atoms with E-state index in [1.54, 1.807) is 0 Å². The van der Waals surface area contributed by atoms with Gasteiger partial charge in [-0.15, -0.1) is 0 Å². The predicted octanol–water partition coefficient (Wildman–Crippen LogP) is 5.20. The van der Waals surface area contributed by atoms with Gasteiger partial charge in [0.05, 0.1) is 10.5 Å². The van der Waals surface area contributed by atoms with Gasteiger partial charge in [0, 0.05) is 0 Å². The van der Waals surface area contributed by atoms with Crippen LogP contribution < -0.4 is 0 Å². The second-order valence-corrected chi connectivity index (χ2v) is 8.93. The molecule has 23 heavy (non-hydrogen) atoms. The summed E-state index contributed by atoms with van der Waals surface area (Å²) < 4.78 is 27.0. The van der Waals surface area contributed by atoms with E-state index in [9.17, 15) is 8.42 Å². The molecule has 2 nitrogen and oxygen atoms in total. The summed E-state index contributed by atoms with van der Waals surface area (Å²) in [6, 6.07) is 19.2. The molecule has 0 aliphatic heterocycles. The SMILES string of the molecule is CC(C)C(c1ccccc1)S(=O)(=O)C(c1ccccc1)C(C)C. The second-order valence-electron chi connectivity index (χ2n) is 6.74. The Labute approximate surface area is 140 Å². The molecule has 0 radical (unpaired) electrons. The zero-order valence-corrected chi connectivity index (χ0v) is 15.1. The molecule has 0 amide bonds. The Morgan fingerprint density at radius 3 is 1.17 bits per heavy atom. The highest BCUT2D eigenvalue weighted by atomic mass is 32.2. The van der Waals surface area contributed by atoms with E-state index in [2.05, 4.69) is 0 Å². The largest absolute Gasteiger partial charge is 0.228 e. The average Bonchev–Trinajstić information content (AvgIpc) is 2.48. The summed E-state index contributed by atoms with van der Waals surface area (Å²) in [6.45, 7) is 7.93. The van der Waals surface area contributed by atoms with Gasteiger partial charge in [0.15, 0.2) is 9.84 Å². The van der Waals surface area contributed by atoms with Crippen molar-refractivity contribution in [1.29, 1.82) is 0 Å². The van der Waals surface area contributed by atoms with E-state index in [1.165, 1.54) is 0 Å². The van der Waals surface area contributed by atoms with E-state index in [0.29, 0.717) is 0 Å². The summed E-state index contributed by atoms with van der Waals surface area (Å²) in [7, 11) is -3.37. The monoisotopic (exact) mass is 330 g/mol. The van der Waals surface area contributed by atoms with Crippen LogP contribution in [0.15, 0.2) is 60.7 Å². The molecule has 0 saturated heterocycles. The molecular weight excluding hydrogens is 304 g/mol. The lowest BCUT2D eigenvalue weighted by molar-refractivity contribution is 0.501. The van der Waals surface area contributed by atoms with Crippen molar-refractivity contribution in [3.05, 3.63) is 71.8 Å². The first-order chi connectivity index (χ1) is 10.9. The molecule has 2 aromatic rings. The molecule has 2 rings (SSSR count). The van der Waals surface area contributed by atoms with Crippen molar-refractivity contribution in [3.63, 3.8) is 0 Å². The molecule has 0 saturated carbocycles. The number of benzene rings is 2. The highest BCUT2D eigenvalue weighted by Gasteiger charge is 2.39. The van der Waals surface area contributed by atoms with Gasteiger partial charge in [-0.1, -0.05) is 88.4 Å². The molecule has 0 N–H and O–H groups in total. The lowest BCUT2D eigenvalue weighted by atomic mass is 10.0. The fourth-order valence-electron chi connectivity index (χ4n) is 3.35. The fourth-order valence-corrected chi connectivity index (χ4v) is 6.26. The summed E-state index contributed by atoms with van der Waals surface area (Å²) in [4.78, 5) is 0. The van der Waals surface area contributed by atoms with E-state index in [1.807, 2.05) is 88.4 Å². The summed E-state index contributed by atoms with van der Waals surface area (Å²) >= 11 is 0. The van der Waals surface area contributed by atoms with Crippen molar-refractivity contribution < 1.29 is 8.42 Å². The maximum atomic E-state index is 13.5. The van der Waals surface area contributed by atoms with Crippen molar-refractivity contribution in [3.8, 4) is 0 Å². The van der Waals surface area contributed by atoms with E-state index >= 15 is 0 Å². The van der Waals surface area contributed by atoms with Gasteiger partial charge in [-0.05, 0) is 23.0 Å². The summed E-state index contributed by atoms with van der Waals surface area (Å²) in [5.74, 6) is 0.0414. The minimum absolute atomic E-state index is 0.0207. The molecule has 0 fully saturated rings. The molecule has 0 bridgehead atoms. The lowest BCUT2D eigenvalue weighted by Crippen LogP contribution is -2.27. The van der Waals surface area contributed by atoms with Crippen molar-refractivity contribution in [2.45, 2.75) is 38.2 Å². The summed E-state index contributed by atoms with van der Waals surface area (Å²) in [5.41, 5.74) is 1.76. The molecular formula is C20H26O2S. The first kappa shape index (κ1) is 17.7. The molecule has 0 spiro atoms. The van der Waals surface area contributed by atoms with E-state index in [0.717, 1.165) is 11.1 Å². The standard InChI is InChI=1S/C20H26O2S/c1-15(2)19(17-11-7-5-8-12-17)23(21,22)20(16(3)4)18-13-9-6-10-14-18/h5-16,19-20H,1-4H3. The minimum Gasteiger partial charge on any atom is -0.228 e. The van der Waals surface area contributed by atoms with Crippen molar-refractivity contribution in [2.24, 2.45) is 11.8 Å². The Kier molecular flexibility index (Phi) is 5.64. The van der Waals surface area contributed by atoms with Crippen LogP contribution >= 0.6 is 0 Å². The normalized spacial score (nSPS) is 14.9. The van der Waals surface area contributed by atoms with Crippen LogP contribution in [0.2, 0.25) is 0 Å². The highest BCUT2D eigenvalue weighted by molar-refractivity contribution is 7.91. The van der Waals surface area contributed by atoms with Crippen molar-refractivity contribution >= 4 is 9.84 Å². The molecule has 0 heterocycles. The van der Waals surface area contributed by atoms with Crippen LogP contribution in [0.3, 0.4) is 0 Å². The molecule has 3 heteroatoms. The Hall–Kier alpha value is -1.61. The molecule has 2 atom stereocenters. The summed E-state index contributed by atoms with van der Waals surface area (Å²) in [6.07, 6.45) is 0. The van der Waals surface area contributed by atoms with Gasteiger partial charge in [0.1, 0.15) is 0 Å². The van der Waals surface area contributed by atoms with Crippen LogP contribution in [0.4, 0.5) is 0 Å². The Morgan fingerprint density at radius 1 is 0.609 bits per heavy atom. The lowest BCUT2D eigenvalue weighted by Gasteiger charge is -2.30. The van der Waals surface area contributed by atoms with Crippen LogP contribution in [0.1, 0.15) is 49.3 Å². The van der Waals surface area contributed by atoms with Gasteiger partial charge in [-0.2, -0.15) is 0 Å². The van der Waals surface area contributed by atoms with Crippen LogP contribution in [-0.2, 0) is 9.84 Å². The predicted molar refractivity (Wildman–Crippen MR) is 97.0 cm³/mol. The molecule has 0 aliphatic carbocycles. The maximum Gasteiger partial charge on any atom is 0.164 e. The van der Waals surface area contributed by atoms with Gasteiger partial charge in [0.25, 0.3) is 0 Å². The number of rotatable bonds is 6. The Balaban J connectivity index is 2.55. The minimum atomic E-state index is -3.37. The number of hydrogen-bond acceptors (Lipinski definition) is 2. The molecule has 0 aliphatic rings. The quantitative estimate of drug-likeness (QED) is 0.730. The fraction of sp³-hybridized carbons (Fsp3) is 0.400. The van der Waals surface area contributed by atoms with Gasteiger partial charge >= 0.3 is 0 Å². The van der Waals surface area contributed by atoms with Crippen LogP contribution in [0.25, 0.3) is 0 Å². The van der Waals surface area contributed by atoms with Crippen molar-refractivity contribution in [1.82, 2.24) is 0 Å². The van der Waals surface area contributed by atoms with Crippen LogP contribution in [-0.4, -0.2) is 8.42 Å². The molecule has 0 aromatic heterocycles. The van der Waals surface area contributed by atoms with Gasteiger partial charge in [-0.25, -0.2) is 8.42 Å². The van der Waals surface area contributed by atoms with E-state index < -0.39 is 20.3 Å². The van der Waals surface area contributed by atoms with Gasteiger partial charge in [0.2, 0.25) is 0 Å². The Bertz CT molecular complexity index is 646. The third-order valence-corrected chi connectivity index (χ3v) is 7.22.